The quantitative estimate of drug-likeness (QED) is 0.517. The summed E-state index contributed by atoms with van der Waals surface area (Å²) in [6.45, 7) is 1.71. The zero-order chi connectivity index (χ0) is 15.7. The molecule has 0 aromatic heterocycles. The van der Waals surface area contributed by atoms with Gasteiger partial charge in [-0.1, -0.05) is 64.5 Å². The van der Waals surface area contributed by atoms with E-state index in [1.165, 1.54) is 27.1 Å². The molecule has 3 aromatic carbocycles. The van der Waals surface area contributed by atoms with Crippen molar-refractivity contribution in [3.8, 4) is 0 Å². The van der Waals surface area contributed by atoms with Crippen molar-refractivity contribution in [1.82, 2.24) is 0 Å². The molecule has 3 heteroatoms. The number of benzene rings is 3. The molecule has 0 aliphatic carbocycles. The Bertz CT molecular complexity index is 798. The van der Waals surface area contributed by atoms with Crippen molar-refractivity contribution < 1.29 is 9.90 Å². The van der Waals surface area contributed by atoms with Crippen molar-refractivity contribution in [2.24, 2.45) is 0 Å². The lowest BCUT2D eigenvalue weighted by Crippen LogP contribution is -2.28. The Morgan fingerprint density at radius 2 is 1.55 bits per heavy atom. The standard InChI is InChI=1S/C19H17BrO2/c1-19(20,18(21)22)11-10-17-15-8-4-2-6-13(15)12-14-7-3-5-9-16(14)17/h2-9,12H,10-11H2,1H3,(H,21,22). The molecule has 0 heterocycles. The summed E-state index contributed by atoms with van der Waals surface area (Å²) in [6, 6.07) is 18.8. The average molecular weight is 357 g/mol. The van der Waals surface area contributed by atoms with Crippen LogP contribution in [-0.2, 0) is 11.2 Å². The van der Waals surface area contributed by atoms with Crippen molar-refractivity contribution in [2.75, 3.05) is 0 Å². The highest BCUT2D eigenvalue weighted by molar-refractivity contribution is 9.10. The van der Waals surface area contributed by atoms with E-state index in [4.69, 9.17) is 0 Å². The second-order valence-electron chi connectivity index (χ2n) is 5.80. The van der Waals surface area contributed by atoms with Crippen LogP contribution in [0.1, 0.15) is 18.9 Å². The summed E-state index contributed by atoms with van der Waals surface area (Å²) < 4.78 is -0.898. The smallest absolute Gasteiger partial charge is 0.320 e. The van der Waals surface area contributed by atoms with Gasteiger partial charge in [0.25, 0.3) is 0 Å². The summed E-state index contributed by atoms with van der Waals surface area (Å²) in [4.78, 5) is 11.3. The van der Waals surface area contributed by atoms with Crippen molar-refractivity contribution >= 4 is 43.4 Å². The van der Waals surface area contributed by atoms with Crippen LogP contribution in [0.25, 0.3) is 21.5 Å². The largest absolute Gasteiger partial charge is 0.480 e. The first-order valence-electron chi connectivity index (χ1n) is 7.31. The summed E-state index contributed by atoms with van der Waals surface area (Å²) >= 11 is 3.33. The van der Waals surface area contributed by atoms with Gasteiger partial charge in [0.2, 0.25) is 0 Å². The molecule has 3 aromatic rings. The molecular weight excluding hydrogens is 340 g/mol. The van der Waals surface area contributed by atoms with E-state index in [1.54, 1.807) is 6.92 Å². The van der Waals surface area contributed by atoms with Crippen LogP contribution in [-0.4, -0.2) is 15.4 Å². The Labute approximate surface area is 137 Å². The van der Waals surface area contributed by atoms with Crippen molar-refractivity contribution in [2.45, 2.75) is 24.1 Å². The zero-order valence-corrected chi connectivity index (χ0v) is 13.9. The Morgan fingerprint density at radius 1 is 1.05 bits per heavy atom. The van der Waals surface area contributed by atoms with Crippen LogP contribution in [0.5, 0.6) is 0 Å². The molecule has 22 heavy (non-hydrogen) atoms. The summed E-state index contributed by atoms with van der Waals surface area (Å²) in [5, 5.41) is 14.1. The second-order valence-corrected chi connectivity index (χ2v) is 7.55. The monoisotopic (exact) mass is 356 g/mol. The molecule has 0 amide bonds. The number of halogens is 1. The number of hydrogen-bond acceptors (Lipinski definition) is 1. The summed E-state index contributed by atoms with van der Waals surface area (Å²) in [5.41, 5.74) is 1.22. The Morgan fingerprint density at radius 3 is 2.05 bits per heavy atom. The molecule has 0 aliphatic heterocycles. The van der Waals surface area contributed by atoms with Gasteiger partial charge in [-0.15, -0.1) is 0 Å². The third-order valence-corrected chi connectivity index (χ3v) is 4.91. The topological polar surface area (TPSA) is 37.3 Å². The van der Waals surface area contributed by atoms with Crippen LogP contribution in [0, 0.1) is 0 Å². The third kappa shape index (κ3) is 2.73. The molecule has 0 bridgehead atoms. The maximum atomic E-state index is 11.3. The van der Waals surface area contributed by atoms with Gasteiger partial charge in [-0.05, 0) is 52.9 Å². The van der Waals surface area contributed by atoms with E-state index in [0.717, 1.165) is 6.42 Å². The summed E-state index contributed by atoms with van der Waals surface area (Å²) in [7, 11) is 0. The Kier molecular flexibility index (Phi) is 3.92. The normalized spacial score (nSPS) is 14.1. The van der Waals surface area contributed by atoms with Gasteiger partial charge in [0, 0.05) is 0 Å². The molecule has 112 valence electrons. The number of rotatable bonds is 4. The molecule has 2 nitrogen and oxygen atoms in total. The number of carbonyl (C=O) groups is 1. The average Bonchev–Trinajstić information content (AvgIpc) is 2.51. The maximum absolute atomic E-state index is 11.3. The highest BCUT2D eigenvalue weighted by Crippen LogP contribution is 2.32. The molecular formula is C19H17BrO2. The predicted octanol–water partition coefficient (Wildman–Crippen LogP) is 5.16. The Hall–Kier alpha value is -1.87. The van der Waals surface area contributed by atoms with E-state index in [-0.39, 0.29) is 0 Å². The molecule has 0 saturated heterocycles. The molecule has 0 fully saturated rings. The molecule has 0 spiro atoms. The zero-order valence-electron chi connectivity index (χ0n) is 12.3. The predicted molar refractivity (Wildman–Crippen MR) is 94.7 cm³/mol. The van der Waals surface area contributed by atoms with E-state index >= 15 is 0 Å². The van der Waals surface area contributed by atoms with E-state index in [9.17, 15) is 9.90 Å². The fourth-order valence-corrected chi connectivity index (χ4v) is 3.04. The first-order valence-corrected chi connectivity index (χ1v) is 8.10. The van der Waals surface area contributed by atoms with Gasteiger partial charge in [-0.25, -0.2) is 0 Å². The van der Waals surface area contributed by atoms with Crippen LogP contribution >= 0.6 is 15.9 Å². The van der Waals surface area contributed by atoms with Crippen LogP contribution in [0.2, 0.25) is 0 Å². The molecule has 1 atom stereocenters. The van der Waals surface area contributed by atoms with Gasteiger partial charge >= 0.3 is 5.97 Å². The van der Waals surface area contributed by atoms with Gasteiger partial charge in [0.15, 0.2) is 0 Å². The number of carboxylic acid groups (broad SMARTS) is 1. The minimum atomic E-state index is -0.898. The van der Waals surface area contributed by atoms with Crippen molar-refractivity contribution in [1.29, 1.82) is 0 Å². The van der Waals surface area contributed by atoms with Gasteiger partial charge in [0.05, 0.1) is 0 Å². The first kappa shape index (κ1) is 15.0. The number of aliphatic carboxylic acids is 1. The highest BCUT2D eigenvalue weighted by Gasteiger charge is 2.29. The number of alkyl halides is 1. The number of fused-ring (bicyclic) bond motifs is 2. The van der Waals surface area contributed by atoms with Crippen molar-refractivity contribution in [3.05, 3.63) is 60.2 Å². The van der Waals surface area contributed by atoms with Crippen LogP contribution in [0.3, 0.4) is 0 Å². The summed E-state index contributed by atoms with van der Waals surface area (Å²) in [6.07, 6.45) is 1.26. The molecule has 1 N–H and O–H groups in total. The highest BCUT2D eigenvalue weighted by atomic mass is 79.9. The molecule has 1 unspecified atom stereocenters. The fourth-order valence-electron chi connectivity index (χ4n) is 2.84. The van der Waals surface area contributed by atoms with Crippen molar-refractivity contribution in [3.63, 3.8) is 0 Å². The number of carboxylic acids is 1. The Balaban J connectivity index is 2.14. The first-order chi connectivity index (χ1) is 10.5. The van der Waals surface area contributed by atoms with E-state index in [0.29, 0.717) is 6.42 Å². The lowest BCUT2D eigenvalue weighted by molar-refractivity contribution is -0.139. The van der Waals surface area contributed by atoms with Gasteiger partial charge in [-0.2, -0.15) is 0 Å². The van der Waals surface area contributed by atoms with Gasteiger partial charge < -0.3 is 5.11 Å². The van der Waals surface area contributed by atoms with Gasteiger partial charge in [0.1, 0.15) is 4.32 Å². The van der Waals surface area contributed by atoms with Crippen LogP contribution in [0.15, 0.2) is 54.6 Å². The number of aryl methyl sites for hydroxylation is 1. The van der Waals surface area contributed by atoms with Crippen LogP contribution < -0.4 is 0 Å². The van der Waals surface area contributed by atoms with Crippen LogP contribution in [0.4, 0.5) is 0 Å². The van der Waals surface area contributed by atoms with E-state index in [1.807, 2.05) is 24.3 Å². The van der Waals surface area contributed by atoms with Gasteiger partial charge in [-0.3, -0.25) is 4.79 Å². The van der Waals surface area contributed by atoms with E-state index < -0.39 is 10.3 Å². The lowest BCUT2D eigenvalue weighted by Gasteiger charge is -2.18. The maximum Gasteiger partial charge on any atom is 0.320 e. The minimum Gasteiger partial charge on any atom is -0.480 e. The SMILES string of the molecule is CC(Br)(CCc1c2ccccc2cc2ccccc12)C(=O)O. The summed E-state index contributed by atoms with van der Waals surface area (Å²) in [5.74, 6) is -0.822. The fraction of sp³-hybridized carbons (Fsp3) is 0.211. The molecule has 3 rings (SSSR count). The third-order valence-electron chi connectivity index (χ3n) is 4.17. The molecule has 0 saturated carbocycles. The van der Waals surface area contributed by atoms with E-state index in [2.05, 4.69) is 46.3 Å². The lowest BCUT2D eigenvalue weighted by atomic mass is 9.91. The number of hydrogen-bond donors (Lipinski definition) is 1. The minimum absolute atomic E-state index is 0.542. The molecule has 0 radical (unpaired) electrons. The second kappa shape index (κ2) is 5.73. The molecule has 0 aliphatic rings.